The lowest BCUT2D eigenvalue weighted by molar-refractivity contribution is -0.126. The van der Waals surface area contributed by atoms with Crippen LogP contribution in [0.5, 0.6) is 11.5 Å². The number of nitrogens with zero attached hydrogens (tertiary/aromatic N) is 2. The van der Waals surface area contributed by atoms with Gasteiger partial charge in [-0.3, -0.25) is 4.79 Å². The zero-order valence-electron chi connectivity index (χ0n) is 21.0. The first-order chi connectivity index (χ1) is 15.6. The minimum atomic E-state index is -3.52. The molecule has 0 bridgehead atoms. The highest BCUT2D eigenvalue weighted by molar-refractivity contribution is 7.86. The lowest BCUT2D eigenvalue weighted by Gasteiger charge is -2.35. The summed E-state index contributed by atoms with van der Waals surface area (Å²) < 4.78 is 40.1. The van der Waals surface area contributed by atoms with Crippen molar-refractivity contribution >= 4 is 16.1 Å². The van der Waals surface area contributed by atoms with Gasteiger partial charge in [0.25, 0.3) is 10.2 Å². The van der Waals surface area contributed by atoms with Crippen molar-refractivity contribution in [1.82, 2.24) is 13.9 Å². The van der Waals surface area contributed by atoms with Gasteiger partial charge in [-0.2, -0.15) is 17.0 Å². The van der Waals surface area contributed by atoms with Crippen LogP contribution in [0.1, 0.15) is 46.1 Å². The molecule has 1 heterocycles. The van der Waals surface area contributed by atoms with Crippen molar-refractivity contribution in [2.24, 2.45) is 17.8 Å². The van der Waals surface area contributed by atoms with E-state index in [1.807, 2.05) is 45.9 Å². The third-order valence-corrected chi connectivity index (χ3v) is 7.74. The van der Waals surface area contributed by atoms with Gasteiger partial charge in [-0.1, -0.05) is 33.8 Å². The van der Waals surface area contributed by atoms with E-state index in [1.165, 1.54) is 0 Å². The Labute approximate surface area is 199 Å². The SMILES string of the molecule is COc1ccc(CCNC(=O)C2CCN(S(=O)(=O)N(CC(C)C)CC(C)C)CC2)cc1OC. The van der Waals surface area contributed by atoms with Crippen molar-refractivity contribution in [3.8, 4) is 11.5 Å². The quantitative estimate of drug-likeness (QED) is 0.494. The molecule has 33 heavy (non-hydrogen) atoms. The van der Waals surface area contributed by atoms with E-state index in [0.29, 0.717) is 63.5 Å². The summed E-state index contributed by atoms with van der Waals surface area (Å²) in [5.41, 5.74) is 1.05. The lowest BCUT2D eigenvalue weighted by Crippen LogP contribution is -2.50. The molecule has 1 saturated heterocycles. The Kier molecular flexibility index (Phi) is 10.4. The second-order valence-corrected chi connectivity index (χ2v) is 11.4. The Morgan fingerprint density at radius 3 is 2.15 bits per heavy atom. The number of benzene rings is 1. The van der Waals surface area contributed by atoms with Crippen molar-refractivity contribution in [1.29, 1.82) is 0 Å². The van der Waals surface area contributed by atoms with Crippen LogP contribution in [0.2, 0.25) is 0 Å². The highest BCUT2D eigenvalue weighted by Gasteiger charge is 2.35. The van der Waals surface area contributed by atoms with Crippen LogP contribution in [0.3, 0.4) is 0 Å². The summed E-state index contributed by atoms with van der Waals surface area (Å²) in [4.78, 5) is 12.7. The number of methoxy groups -OCH3 is 2. The van der Waals surface area contributed by atoms with Crippen LogP contribution in [0, 0.1) is 17.8 Å². The van der Waals surface area contributed by atoms with E-state index in [-0.39, 0.29) is 23.7 Å². The normalized spacial score (nSPS) is 15.9. The van der Waals surface area contributed by atoms with E-state index in [1.54, 1.807) is 22.8 Å². The molecule has 9 heteroatoms. The highest BCUT2D eigenvalue weighted by atomic mass is 32.2. The van der Waals surface area contributed by atoms with Gasteiger partial charge in [-0.05, 0) is 48.8 Å². The molecule has 1 aliphatic heterocycles. The number of rotatable bonds is 12. The van der Waals surface area contributed by atoms with Crippen LogP contribution in [0.15, 0.2) is 18.2 Å². The summed E-state index contributed by atoms with van der Waals surface area (Å²) in [6, 6.07) is 5.72. The summed E-state index contributed by atoms with van der Waals surface area (Å²) in [6.45, 7) is 10.4. The van der Waals surface area contributed by atoms with Gasteiger partial charge in [0.1, 0.15) is 0 Å². The number of piperidine rings is 1. The van der Waals surface area contributed by atoms with Crippen molar-refractivity contribution in [2.45, 2.75) is 47.0 Å². The molecule has 0 atom stereocenters. The van der Waals surface area contributed by atoms with E-state index < -0.39 is 10.2 Å². The number of amides is 1. The Hall–Kier alpha value is -1.84. The fourth-order valence-corrected chi connectivity index (χ4v) is 6.07. The maximum Gasteiger partial charge on any atom is 0.281 e. The second-order valence-electron chi connectivity index (χ2n) is 9.52. The van der Waals surface area contributed by atoms with Gasteiger partial charge in [0.05, 0.1) is 14.2 Å². The van der Waals surface area contributed by atoms with E-state index in [2.05, 4.69) is 5.32 Å². The van der Waals surface area contributed by atoms with Gasteiger partial charge in [0.2, 0.25) is 5.91 Å². The van der Waals surface area contributed by atoms with E-state index in [9.17, 15) is 13.2 Å². The second kappa shape index (κ2) is 12.6. The molecule has 0 saturated carbocycles. The number of carbonyl (C=O) groups excluding carboxylic acids is 1. The Morgan fingerprint density at radius 1 is 1.06 bits per heavy atom. The zero-order chi connectivity index (χ0) is 24.6. The first kappa shape index (κ1) is 27.4. The first-order valence-electron chi connectivity index (χ1n) is 11.8. The standard InChI is InChI=1S/C24H41N3O5S/c1-18(2)16-27(17-19(3)4)33(29,30)26-13-10-21(11-14-26)24(28)25-12-9-20-7-8-22(31-5)23(15-20)32-6/h7-8,15,18-19,21H,9-14,16-17H2,1-6H3,(H,25,28). The molecule has 0 unspecified atom stereocenters. The Morgan fingerprint density at radius 2 is 1.64 bits per heavy atom. The molecule has 0 radical (unpaired) electrons. The molecular formula is C24H41N3O5S. The van der Waals surface area contributed by atoms with Gasteiger partial charge in [0.15, 0.2) is 11.5 Å². The smallest absolute Gasteiger partial charge is 0.281 e. The zero-order valence-corrected chi connectivity index (χ0v) is 21.8. The molecule has 2 rings (SSSR count). The molecule has 1 aromatic carbocycles. The summed E-state index contributed by atoms with van der Waals surface area (Å²) >= 11 is 0. The molecular weight excluding hydrogens is 442 g/mol. The van der Waals surface area contributed by atoms with Crippen LogP contribution < -0.4 is 14.8 Å². The predicted molar refractivity (Wildman–Crippen MR) is 131 cm³/mol. The predicted octanol–water partition coefficient (Wildman–Crippen LogP) is 2.93. The molecule has 1 fully saturated rings. The van der Waals surface area contributed by atoms with Crippen molar-refractivity contribution in [3.63, 3.8) is 0 Å². The van der Waals surface area contributed by atoms with Gasteiger partial charge >= 0.3 is 0 Å². The van der Waals surface area contributed by atoms with Gasteiger partial charge in [-0.15, -0.1) is 0 Å². The van der Waals surface area contributed by atoms with Crippen molar-refractivity contribution < 1.29 is 22.7 Å². The van der Waals surface area contributed by atoms with Gasteiger partial charge in [-0.25, -0.2) is 0 Å². The third kappa shape index (κ3) is 7.86. The summed E-state index contributed by atoms with van der Waals surface area (Å²) in [5.74, 6) is 1.69. The van der Waals surface area contributed by atoms with Crippen LogP contribution >= 0.6 is 0 Å². The molecule has 1 N–H and O–H groups in total. The Bertz CT molecular complexity index is 855. The van der Waals surface area contributed by atoms with Crippen LogP contribution in [0.25, 0.3) is 0 Å². The number of carbonyl (C=O) groups is 1. The summed E-state index contributed by atoms with van der Waals surface area (Å²) in [7, 11) is -0.320. The molecule has 0 spiro atoms. The van der Waals surface area contributed by atoms with Crippen LogP contribution in [-0.4, -0.2) is 69.9 Å². The molecule has 1 aromatic rings. The van der Waals surface area contributed by atoms with Gasteiger partial charge < -0.3 is 14.8 Å². The first-order valence-corrected chi connectivity index (χ1v) is 13.2. The van der Waals surface area contributed by atoms with E-state index in [4.69, 9.17) is 9.47 Å². The summed E-state index contributed by atoms with van der Waals surface area (Å²) in [6.07, 6.45) is 1.76. The highest BCUT2D eigenvalue weighted by Crippen LogP contribution is 2.28. The minimum Gasteiger partial charge on any atom is -0.493 e. The average Bonchev–Trinajstić information content (AvgIpc) is 2.77. The monoisotopic (exact) mass is 483 g/mol. The van der Waals surface area contributed by atoms with Gasteiger partial charge in [0, 0.05) is 38.6 Å². The maximum atomic E-state index is 13.2. The number of hydrogen-bond acceptors (Lipinski definition) is 5. The fourth-order valence-electron chi connectivity index (χ4n) is 4.10. The lowest BCUT2D eigenvalue weighted by atomic mass is 9.97. The van der Waals surface area contributed by atoms with Crippen LogP contribution in [-0.2, 0) is 21.4 Å². The number of nitrogens with one attached hydrogen (secondary N) is 1. The van der Waals surface area contributed by atoms with E-state index in [0.717, 1.165) is 5.56 Å². The maximum absolute atomic E-state index is 13.2. The molecule has 8 nitrogen and oxygen atoms in total. The number of hydrogen-bond donors (Lipinski definition) is 1. The van der Waals surface area contributed by atoms with Crippen molar-refractivity contribution in [2.75, 3.05) is 46.9 Å². The van der Waals surface area contributed by atoms with Crippen LogP contribution in [0.4, 0.5) is 0 Å². The molecule has 0 aliphatic carbocycles. The topological polar surface area (TPSA) is 88.2 Å². The fraction of sp³-hybridized carbons (Fsp3) is 0.708. The minimum absolute atomic E-state index is 0.00579. The average molecular weight is 484 g/mol. The molecule has 1 amide bonds. The van der Waals surface area contributed by atoms with Crippen molar-refractivity contribution in [3.05, 3.63) is 23.8 Å². The Balaban J connectivity index is 1.86. The third-order valence-electron chi connectivity index (χ3n) is 5.78. The number of ether oxygens (including phenoxy) is 2. The molecule has 188 valence electrons. The molecule has 0 aromatic heterocycles. The summed E-state index contributed by atoms with van der Waals surface area (Å²) in [5, 5.41) is 3.01. The molecule has 1 aliphatic rings. The largest absolute Gasteiger partial charge is 0.493 e. The van der Waals surface area contributed by atoms with E-state index >= 15 is 0 Å².